The van der Waals surface area contributed by atoms with E-state index in [-0.39, 0.29) is 18.0 Å². The Morgan fingerprint density at radius 3 is 2.46 bits per heavy atom. The molecule has 1 aliphatic heterocycles. The van der Waals surface area contributed by atoms with Crippen LogP contribution in [0.1, 0.15) is 47.6 Å². The summed E-state index contributed by atoms with van der Waals surface area (Å²) in [5, 5.41) is 0. The fourth-order valence-electron chi connectivity index (χ4n) is 4.39. The van der Waals surface area contributed by atoms with E-state index in [0.717, 1.165) is 66.9 Å². The van der Waals surface area contributed by atoms with E-state index in [1.165, 1.54) is 5.56 Å². The van der Waals surface area contributed by atoms with Crippen molar-refractivity contribution in [2.75, 3.05) is 13.2 Å². The summed E-state index contributed by atoms with van der Waals surface area (Å²) in [4.78, 5) is 0. The number of hydrogen-bond acceptors (Lipinski definition) is 3. The van der Waals surface area contributed by atoms with Crippen LogP contribution in [-0.2, 0) is 11.2 Å². The SMILES string of the molecule is Cc1cc(OC2CCOCC2)cc(C)c1-c1ccc(F)c2c1CC[C@H]2N. The van der Waals surface area contributed by atoms with Crippen molar-refractivity contribution in [2.45, 2.75) is 51.7 Å². The molecule has 0 unspecified atom stereocenters. The van der Waals surface area contributed by atoms with Crippen LogP contribution in [0, 0.1) is 19.7 Å². The van der Waals surface area contributed by atoms with Crippen LogP contribution < -0.4 is 10.5 Å². The Bertz CT molecular complexity index is 804. The second kappa shape index (κ2) is 7.01. The van der Waals surface area contributed by atoms with E-state index in [9.17, 15) is 4.39 Å². The normalized spacial score (nSPS) is 20.2. The summed E-state index contributed by atoms with van der Waals surface area (Å²) >= 11 is 0. The average molecular weight is 355 g/mol. The largest absolute Gasteiger partial charge is 0.490 e. The van der Waals surface area contributed by atoms with Crippen molar-refractivity contribution < 1.29 is 13.9 Å². The molecule has 1 saturated heterocycles. The lowest BCUT2D eigenvalue weighted by Gasteiger charge is -2.24. The van der Waals surface area contributed by atoms with Gasteiger partial charge in [-0.2, -0.15) is 0 Å². The molecule has 0 bridgehead atoms. The van der Waals surface area contributed by atoms with Crippen LogP contribution in [-0.4, -0.2) is 19.3 Å². The minimum atomic E-state index is -0.193. The summed E-state index contributed by atoms with van der Waals surface area (Å²) in [6.07, 6.45) is 3.74. The van der Waals surface area contributed by atoms with Crippen LogP contribution in [0.5, 0.6) is 5.75 Å². The van der Waals surface area contributed by atoms with Crippen molar-refractivity contribution in [3.63, 3.8) is 0 Å². The predicted octanol–water partition coefficient (Wildman–Crippen LogP) is 4.61. The zero-order chi connectivity index (χ0) is 18.3. The lowest BCUT2D eigenvalue weighted by atomic mass is 9.90. The third kappa shape index (κ3) is 3.12. The summed E-state index contributed by atoms with van der Waals surface area (Å²) in [6.45, 7) is 5.74. The first-order valence-corrected chi connectivity index (χ1v) is 9.47. The van der Waals surface area contributed by atoms with Gasteiger partial charge in [0.15, 0.2) is 0 Å². The summed E-state index contributed by atoms with van der Waals surface area (Å²) in [5.74, 6) is 0.731. The first-order chi connectivity index (χ1) is 12.5. The highest BCUT2D eigenvalue weighted by Gasteiger charge is 2.27. The van der Waals surface area contributed by atoms with Gasteiger partial charge in [-0.15, -0.1) is 0 Å². The van der Waals surface area contributed by atoms with Gasteiger partial charge in [-0.3, -0.25) is 0 Å². The lowest BCUT2D eigenvalue weighted by Crippen LogP contribution is -2.25. The van der Waals surface area contributed by atoms with Gasteiger partial charge in [0.1, 0.15) is 17.7 Å². The van der Waals surface area contributed by atoms with Crippen molar-refractivity contribution in [1.82, 2.24) is 0 Å². The molecule has 4 heteroatoms. The molecule has 4 rings (SSSR count). The van der Waals surface area contributed by atoms with Crippen molar-refractivity contribution in [3.05, 3.63) is 52.3 Å². The van der Waals surface area contributed by atoms with Gasteiger partial charge in [-0.05, 0) is 72.7 Å². The Balaban J connectivity index is 1.70. The molecule has 0 aromatic heterocycles. The van der Waals surface area contributed by atoms with E-state index in [1.807, 2.05) is 6.07 Å². The van der Waals surface area contributed by atoms with Gasteiger partial charge < -0.3 is 15.2 Å². The minimum absolute atomic E-state index is 0.177. The molecule has 2 aromatic rings. The summed E-state index contributed by atoms with van der Waals surface area (Å²) in [7, 11) is 0. The van der Waals surface area contributed by atoms with Crippen molar-refractivity contribution in [2.24, 2.45) is 5.73 Å². The molecule has 1 atom stereocenters. The smallest absolute Gasteiger partial charge is 0.128 e. The van der Waals surface area contributed by atoms with Crippen molar-refractivity contribution in [1.29, 1.82) is 0 Å². The molecular formula is C22H26FNO2. The number of halogens is 1. The number of aryl methyl sites for hydroxylation is 2. The first kappa shape index (κ1) is 17.5. The highest BCUT2D eigenvalue weighted by Crippen LogP contribution is 2.41. The van der Waals surface area contributed by atoms with Gasteiger partial charge >= 0.3 is 0 Å². The maximum absolute atomic E-state index is 14.3. The van der Waals surface area contributed by atoms with Crippen LogP contribution in [0.2, 0.25) is 0 Å². The zero-order valence-corrected chi connectivity index (χ0v) is 15.5. The monoisotopic (exact) mass is 355 g/mol. The van der Waals surface area contributed by atoms with Gasteiger partial charge in [-0.1, -0.05) is 6.07 Å². The van der Waals surface area contributed by atoms with Gasteiger partial charge in [0.2, 0.25) is 0 Å². The number of benzene rings is 2. The fraction of sp³-hybridized carbons (Fsp3) is 0.455. The molecule has 0 saturated carbocycles. The second-order valence-corrected chi connectivity index (χ2v) is 7.49. The van der Waals surface area contributed by atoms with Crippen LogP contribution >= 0.6 is 0 Å². The Morgan fingerprint density at radius 2 is 1.77 bits per heavy atom. The van der Waals surface area contributed by atoms with E-state index >= 15 is 0 Å². The van der Waals surface area contributed by atoms with Crippen LogP contribution in [0.4, 0.5) is 4.39 Å². The molecule has 0 radical (unpaired) electrons. The molecule has 2 N–H and O–H groups in total. The topological polar surface area (TPSA) is 44.5 Å². The molecule has 138 valence electrons. The lowest BCUT2D eigenvalue weighted by molar-refractivity contribution is 0.0255. The minimum Gasteiger partial charge on any atom is -0.490 e. The van der Waals surface area contributed by atoms with Crippen LogP contribution in [0.25, 0.3) is 11.1 Å². The summed E-state index contributed by atoms with van der Waals surface area (Å²) in [5.41, 5.74) is 12.5. The quantitative estimate of drug-likeness (QED) is 0.874. The molecule has 26 heavy (non-hydrogen) atoms. The summed E-state index contributed by atoms with van der Waals surface area (Å²) < 4.78 is 25.8. The predicted molar refractivity (Wildman–Crippen MR) is 101 cm³/mol. The number of hydrogen-bond donors (Lipinski definition) is 1. The number of ether oxygens (including phenoxy) is 2. The number of rotatable bonds is 3. The fourth-order valence-corrected chi connectivity index (χ4v) is 4.39. The van der Waals surface area contributed by atoms with E-state index in [1.54, 1.807) is 6.07 Å². The first-order valence-electron chi connectivity index (χ1n) is 9.47. The molecule has 3 nitrogen and oxygen atoms in total. The van der Waals surface area contributed by atoms with E-state index in [4.69, 9.17) is 15.2 Å². The van der Waals surface area contributed by atoms with Crippen LogP contribution in [0.15, 0.2) is 24.3 Å². The second-order valence-electron chi connectivity index (χ2n) is 7.49. The van der Waals surface area contributed by atoms with Gasteiger partial charge in [0, 0.05) is 24.4 Å². The molecule has 0 amide bonds. The Kier molecular flexibility index (Phi) is 4.72. The van der Waals surface area contributed by atoms with E-state index in [2.05, 4.69) is 26.0 Å². The highest BCUT2D eigenvalue weighted by molar-refractivity contribution is 5.76. The standard InChI is InChI=1S/C22H26FNO2/c1-13-11-16(26-15-7-9-25-10-8-15)12-14(2)21(13)17-3-5-19(23)22-18(17)4-6-20(22)24/h3,5,11-12,15,20H,4,6-10,24H2,1-2H3/t20-/m1/s1. The van der Waals surface area contributed by atoms with Gasteiger partial charge in [0.25, 0.3) is 0 Å². The van der Waals surface area contributed by atoms with E-state index < -0.39 is 0 Å². The molecule has 2 aromatic carbocycles. The molecule has 2 aliphatic rings. The Hall–Kier alpha value is -1.91. The Labute approximate surface area is 154 Å². The zero-order valence-electron chi connectivity index (χ0n) is 15.5. The number of fused-ring (bicyclic) bond motifs is 1. The van der Waals surface area contributed by atoms with Crippen molar-refractivity contribution >= 4 is 0 Å². The average Bonchev–Trinajstić information content (AvgIpc) is 3.00. The molecule has 0 spiro atoms. The number of nitrogens with two attached hydrogens (primary N) is 1. The highest BCUT2D eigenvalue weighted by atomic mass is 19.1. The van der Waals surface area contributed by atoms with Gasteiger partial charge in [-0.25, -0.2) is 4.39 Å². The van der Waals surface area contributed by atoms with Crippen LogP contribution in [0.3, 0.4) is 0 Å². The maximum Gasteiger partial charge on any atom is 0.128 e. The van der Waals surface area contributed by atoms with E-state index in [0.29, 0.717) is 5.56 Å². The Morgan fingerprint density at radius 1 is 1.08 bits per heavy atom. The van der Waals surface area contributed by atoms with Gasteiger partial charge in [0.05, 0.1) is 13.2 Å². The molecular weight excluding hydrogens is 329 g/mol. The summed E-state index contributed by atoms with van der Waals surface area (Å²) in [6, 6.07) is 7.47. The maximum atomic E-state index is 14.3. The third-order valence-corrected chi connectivity index (χ3v) is 5.63. The molecule has 1 fully saturated rings. The molecule has 1 heterocycles. The van der Waals surface area contributed by atoms with Crippen molar-refractivity contribution in [3.8, 4) is 16.9 Å². The third-order valence-electron chi connectivity index (χ3n) is 5.63. The molecule has 1 aliphatic carbocycles.